The maximum absolute atomic E-state index is 14.8. The SMILES string of the molecule is CC.CC.CCCCCCCSc1ccc(NC=O)cc1.CSN(C)c1ccc(C2(F)CCNCC2)cc1C. The molecule has 222 valence electrons. The van der Waals surface area contributed by atoms with Crippen LogP contribution in [0, 0.1) is 6.92 Å². The van der Waals surface area contributed by atoms with Gasteiger partial charge in [0.2, 0.25) is 6.41 Å². The van der Waals surface area contributed by atoms with Gasteiger partial charge in [0.15, 0.2) is 0 Å². The van der Waals surface area contributed by atoms with E-state index in [2.05, 4.69) is 40.9 Å². The van der Waals surface area contributed by atoms with Crippen LogP contribution in [0.3, 0.4) is 0 Å². The number of carbonyl (C=O) groups is 1. The zero-order chi connectivity index (χ0) is 29.5. The molecule has 39 heavy (non-hydrogen) atoms. The number of aryl methyl sites for hydroxylation is 1. The zero-order valence-corrected chi connectivity index (χ0v) is 27.4. The topological polar surface area (TPSA) is 44.4 Å². The van der Waals surface area contributed by atoms with E-state index in [1.54, 1.807) is 11.9 Å². The van der Waals surface area contributed by atoms with E-state index in [0.717, 1.165) is 35.6 Å². The molecule has 2 N–H and O–H groups in total. The van der Waals surface area contributed by atoms with Crippen molar-refractivity contribution in [3.63, 3.8) is 0 Å². The fourth-order valence-corrected chi connectivity index (χ4v) is 5.42. The van der Waals surface area contributed by atoms with Gasteiger partial charge in [-0.2, -0.15) is 0 Å². The van der Waals surface area contributed by atoms with Crippen molar-refractivity contribution in [1.29, 1.82) is 0 Å². The molecule has 1 saturated heterocycles. The summed E-state index contributed by atoms with van der Waals surface area (Å²) >= 11 is 3.55. The number of piperidine rings is 1. The van der Waals surface area contributed by atoms with E-state index in [1.165, 1.54) is 42.8 Å². The van der Waals surface area contributed by atoms with Gasteiger partial charge in [0.05, 0.1) is 0 Å². The molecule has 0 bridgehead atoms. The largest absolute Gasteiger partial charge is 0.329 e. The molecule has 3 rings (SSSR count). The first-order valence-corrected chi connectivity index (χ1v) is 16.8. The number of hydrogen-bond donors (Lipinski definition) is 2. The smallest absolute Gasteiger partial charge is 0.211 e. The summed E-state index contributed by atoms with van der Waals surface area (Å²) in [4.78, 5) is 11.5. The second kappa shape index (κ2) is 23.0. The van der Waals surface area contributed by atoms with Crippen molar-refractivity contribution in [2.24, 2.45) is 0 Å². The number of hydrogen-bond acceptors (Lipinski definition) is 5. The van der Waals surface area contributed by atoms with Crippen molar-refractivity contribution in [3.8, 4) is 0 Å². The van der Waals surface area contributed by atoms with E-state index in [0.29, 0.717) is 19.3 Å². The van der Waals surface area contributed by atoms with Crippen molar-refractivity contribution >= 4 is 41.5 Å². The quantitative estimate of drug-likeness (QED) is 0.113. The second-order valence-electron chi connectivity index (χ2n) is 8.95. The Morgan fingerprint density at radius 3 is 2.15 bits per heavy atom. The van der Waals surface area contributed by atoms with Crippen LogP contribution in [0.2, 0.25) is 0 Å². The summed E-state index contributed by atoms with van der Waals surface area (Å²) in [5.41, 5.74) is 2.84. The van der Waals surface area contributed by atoms with Crippen molar-refractivity contribution in [2.45, 2.75) is 97.1 Å². The van der Waals surface area contributed by atoms with Gasteiger partial charge < -0.3 is 14.9 Å². The lowest BCUT2D eigenvalue weighted by atomic mass is 9.86. The highest BCUT2D eigenvalue weighted by atomic mass is 32.2. The standard InChI is InChI=1S/C14H21FN2S.C14H21NOS.2C2H6/c1-11-10-12(4-5-13(11)17(2)18-3)14(15)6-8-16-9-7-14;1-2-3-4-5-6-11-17-14-9-7-13(8-10-14)15-12-16;2*1-2/h4-5,10,16H,6-9H2,1-3H3;7-10,12H,2-6,11H2,1H3,(H,15,16);2*1-2H3. The fraction of sp³-hybridized carbons (Fsp3) is 0.594. The van der Waals surface area contributed by atoms with Crippen LogP contribution in [0.15, 0.2) is 47.4 Å². The van der Waals surface area contributed by atoms with Crippen LogP contribution in [-0.4, -0.2) is 38.6 Å². The van der Waals surface area contributed by atoms with Gasteiger partial charge in [0.1, 0.15) is 5.67 Å². The molecule has 1 aliphatic rings. The van der Waals surface area contributed by atoms with Gasteiger partial charge in [-0.1, -0.05) is 84.4 Å². The van der Waals surface area contributed by atoms with E-state index in [1.807, 2.05) is 83.1 Å². The number of amides is 1. The molecule has 1 aliphatic heterocycles. The van der Waals surface area contributed by atoms with E-state index in [-0.39, 0.29) is 0 Å². The van der Waals surface area contributed by atoms with Gasteiger partial charge in [-0.15, -0.1) is 11.8 Å². The Morgan fingerprint density at radius 1 is 1.00 bits per heavy atom. The summed E-state index contributed by atoms with van der Waals surface area (Å²) in [5.74, 6) is 1.18. The van der Waals surface area contributed by atoms with Gasteiger partial charge in [-0.05, 0) is 86.5 Å². The van der Waals surface area contributed by atoms with Crippen molar-refractivity contribution in [3.05, 3.63) is 53.6 Å². The number of halogens is 1. The first-order chi connectivity index (χ1) is 18.9. The maximum atomic E-state index is 14.8. The van der Waals surface area contributed by atoms with Crippen LogP contribution in [0.25, 0.3) is 0 Å². The first-order valence-electron chi connectivity index (χ1n) is 14.6. The van der Waals surface area contributed by atoms with Gasteiger partial charge in [-0.25, -0.2) is 4.39 Å². The molecule has 4 nitrogen and oxygen atoms in total. The third kappa shape index (κ3) is 14.5. The molecular weight excluding hydrogens is 526 g/mol. The van der Waals surface area contributed by atoms with E-state index >= 15 is 0 Å². The highest BCUT2D eigenvalue weighted by molar-refractivity contribution is 8.00. The second-order valence-corrected chi connectivity index (χ2v) is 11.0. The number of carbonyl (C=O) groups excluding carboxylic acids is 1. The molecule has 2 aromatic rings. The van der Waals surface area contributed by atoms with Crippen LogP contribution in [0.4, 0.5) is 15.8 Å². The summed E-state index contributed by atoms with van der Waals surface area (Å²) in [5, 5.41) is 5.85. The Labute approximate surface area is 247 Å². The molecule has 1 amide bonds. The molecule has 0 aromatic heterocycles. The summed E-state index contributed by atoms with van der Waals surface area (Å²) in [7, 11) is 2.03. The minimum Gasteiger partial charge on any atom is -0.329 e. The molecule has 1 heterocycles. The molecule has 0 saturated carbocycles. The van der Waals surface area contributed by atoms with Crippen molar-refractivity contribution < 1.29 is 9.18 Å². The highest BCUT2D eigenvalue weighted by Crippen LogP contribution is 2.37. The molecule has 2 aromatic carbocycles. The number of nitrogens with zero attached hydrogens (tertiary/aromatic N) is 1. The van der Waals surface area contributed by atoms with E-state index in [4.69, 9.17) is 0 Å². The zero-order valence-electron chi connectivity index (χ0n) is 25.7. The number of alkyl halides is 1. The lowest BCUT2D eigenvalue weighted by Crippen LogP contribution is -2.36. The van der Waals surface area contributed by atoms with E-state index in [9.17, 15) is 9.18 Å². The predicted molar refractivity (Wildman–Crippen MR) is 176 cm³/mol. The molecule has 1 fully saturated rings. The van der Waals surface area contributed by atoms with Gasteiger partial charge in [-0.3, -0.25) is 4.79 Å². The van der Waals surface area contributed by atoms with Gasteiger partial charge >= 0.3 is 0 Å². The Hall–Kier alpha value is -1.70. The highest BCUT2D eigenvalue weighted by Gasteiger charge is 2.33. The van der Waals surface area contributed by atoms with Crippen LogP contribution in [0.5, 0.6) is 0 Å². The minimum atomic E-state index is -1.15. The van der Waals surface area contributed by atoms with E-state index < -0.39 is 5.67 Å². The average molecular weight is 580 g/mol. The van der Waals surface area contributed by atoms with Crippen LogP contribution in [0.1, 0.15) is 90.7 Å². The van der Waals surface area contributed by atoms with Crippen LogP contribution < -0.4 is 14.9 Å². The number of unbranched alkanes of at least 4 members (excludes halogenated alkanes) is 4. The van der Waals surface area contributed by atoms with Crippen LogP contribution >= 0.6 is 23.7 Å². The molecule has 0 unspecified atom stereocenters. The maximum Gasteiger partial charge on any atom is 0.211 e. The normalized spacial score (nSPS) is 13.4. The predicted octanol–water partition coefficient (Wildman–Crippen LogP) is 9.63. The third-order valence-corrected chi connectivity index (χ3v) is 8.16. The third-order valence-electron chi connectivity index (χ3n) is 6.32. The summed E-state index contributed by atoms with van der Waals surface area (Å²) in [6.07, 6.45) is 10.5. The number of thioether (sulfide) groups is 1. The number of benzene rings is 2. The first kappa shape index (κ1) is 37.3. The number of rotatable bonds is 12. The lowest BCUT2D eigenvalue weighted by molar-refractivity contribution is -0.105. The minimum absolute atomic E-state index is 0.574. The average Bonchev–Trinajstić information content (AvgIpc) is 2.98. The van der Waals surface area contributed by atoms with Crippen LogP contribution in [-0.2, 0) is 10.5 Å². The number of nitrogens with one attached hydrogen (secondary N) is 2. The fourth-order valence-electron chi connectivity index (χ4n) is 4.11. The molecule has 0 aliphatic carbocycles. The molecular formula is C32H54FN3OS2. The summed E-state index contributed by atoms with van der Waals surface area (Å²) in [6, 6.07) is 14.0. The Balaban J connectivity index is 0.000000658. The Morgan fingerprint density at radius 2 is 1.62 bits per heavy atom. The van der Waals surface area contributed by atoms with Gasteiger partial charge in [0, 0.05) is 29.6 Å². The summed E-state index contributed by atoms with van der Waals surface area (Å²) in [6.45, 7) is 13.8. The van der Waals surface area contributed by atoms with Crippen molar-refractivity contribution in [2.75, 3.05) is 41.8 Å². The monoisotopic (exact) mass is 579 g/mol. The Kier molecular flexibility index (Phi) is 22.0. The number of anilines is 2. The lowest BCUT2D eigenvalue weighted by Gasteiger charge is -2.31. The molecule has 7 heteroatoms. The molecule has 0 spiro atoms. The Bertz CT molecular complexity index is 874. The van der Waals surface area contributed by atoms with Crippen molar-refractivity contribution in [1.82, 2.24) is 5.32 Å². The summed E-state index contributed by atoms with van der Waals surface area (Å²) < 4.78 is 16.9. The molecule has 0 atom stereocenters. The van der Waals surface area contributed by atoms with Gasteiger partial charge in [0.25, 0.3) is 0 Å². The molecule has 0 radical (unpaired) electrons.